The van der Waals surface area contributed by atoms with Gasteiger partial charge in [-0.05, 0) is 32.9 Å². The molecule has 0 saturated heterocycles. The van der Waals surface area contributed by atoms with Gasteiger partial charge in [0.25, 0.3) is 0 Å². The number of nitrogens with one attached hydrogen (secondary N) is 1. The molecule has 0 aliphatic carbocycles. The van der Waals surface area contributed by atoms with Crippen molar-refractivity contribution in [3.8, 4) is 5.75 Å². The molecule has 1 rings (SSSR count). The lowest BCUT2D eigenvalue weighted by atomic mass is 10.1. The van der Waals surface area contributed by atoms with Crippen molar-refractivity contribution >= 4 is 5.69 Å². The van der Waals surface area contributed by atoms with Crippen LogP contribution in [0.5, 0.6) is 5.75 Å². The Kier molecular flexibility index (Phi) is 6.12. The number of aliphatic hydroxyl groups is 1. The lowest BCUT2D eigenvalue weighted by Gasteiger charge is -2.26. The van der Waals surface area contributed by atoms with Crippen molar-refractivity contribution < 1.29 is 10.2 Å². The van der Waals surface area contributed by atoms with Crippen LogP contribution in [0.15, 0.2) is 18.2 Å². The lowest BCUT2D eigenvalue weighted by Crippen LogP contribution is -2.31. The molecule has 0 fully saturated rings. The summed E-state index contributed by atoms with van der Waals surface area (Å²) in [6.45, 7) is 7.13. The number of nitrogens with zero attached hydrogens (tertiary/aromatic N) is 1. The Morgan fingerprint density at radius 2 is 2.00 bits per heavy atom. The predicted molar refractivity (Wildman–Crippen MR) is 79.8 cm³/mol. The van der Waals surface area contributed by atoms with Crippen LogP contribution in [-0.2, 0) is 0 Å². The number of anilines is 1. The zero-order valence-corrected chi connectivity index (χ0v) is 12.3. The van der Waals surface area contributed by atoms with Gasteiger partial charge in [-0.1, -0.05) is 13.0 Å². The number of rotatable bonds is 7. The molecule has 19 heavy (non-hydrogen) atoms. The van der Waals surface area contributed by atoms with Gasteiger partial charge in [0.05, 0.1) is 6.61 Å². The first-order valence-electron chi connectivity index (χ1n) is 6.91. The summed E-state index contributed by atoms with van der Waals surface area (Å²) in [6.07, 6.45) is 1.07. The molecule has 2 atom stereocenters. The molecule has 0 bridgehead atoms. The van der Waals surface area contributed by atoms with Crippen molar-refractivity contribution in [2.45, 2.75) is 39.3 Å². The van der Waals surface area contributed by atoms with Gasteiger partial charge in [-0.2, -0.15) is 0 Å². The number of phenols is 1. The zero-order valence-electron chi connectivity index (χ0n) is 12.3. The minimum Gasteiger partial charge on any atom is -0.508 e. The zero-order chi connectivity index (χ0) is 14.4. The number of hydrogen-bond acceptors (Lipinski definition) is 4. The molecular weight excluding hydrogens is 240 g/mol. The maximum absolute atomic E-state index is 10.1. The molecule has 0 heterocycles. The van der Waals surface area contributed by atoms with Gasteiger partial charge in [0.1, 0.15) is 5.75 Å². The van der Waals surface area contributed by atoms with E-state index >= 15 is 0 Å². The predicted octanol–water partition coefficient (Wildman–Crippen LogP) is 2.27. The van der Waals surface area contributed by atoms with Crippen LogP contribution < -0.4 is 10.2 Å². The van der Waals surface area contributed by atoms with Gasteiger partial charge in [-0.3, -0.25) is 0 Å². The fraction of sp³-hybridized carbons (Fsp3) is 0.600. The number of phenolic OH excluding ortho intramolecular Hbond substituents is 1. The third kappa shape index (κ3) is 4.11. The van der Waals surface area contributed by atoms with E-state index in [0.29, 0.717) is 5.75 Å². The van der Waals surface area contributed by atoms with Crippen molar-refractivity contribution in [3.63, 3.8) is 0 Å². The van der Waals surface area contributed by atoms with Gasteiger partial charge in [0.2, 0.25) is 0 Å². The first-order valence-corrected chi connectivity index (χ1v) is 6.91. The molecule has 4 nitrogen and oxygen atoms in total. The van der Waals surface area contributed by atoms with Crippen LogP contribution in [-0.4, -0.2) is 36.5 Å². The first-order chi connectivity index (χ1) is 9.01. The maximum Gasteiger partial charge on any atom is 0.122 e. The van der Waals surface area contributed by atoms with E-state index in [4.69, 9.17) is 5.11 Å². The molecular formula is C15H26N2O2. The van der Waals surface area contributed by atoms with Crippen molar-refractivity contribution in [3.05, 3.63) is 23.8 Å². The molecule has 0 aliphatic heterocycles. The SMILES string of the molecule is CCCNC(C)c1ccc(N(C)C(C)CO)cc1O. The lowest BCUT2D eigenvalue weighted by molar-refractivity contribution is 0.270. The third-order valence-corrected chi connectivity index (χ3v) is 3.51. The highest BCUT2D eigenvalue weighted by molar-refractivity contribution is 5.54. The highest BCUT2D eigenvalue weighted by Crippen LogP contribution is 2.29. The van der Waals surface area contributed by atoms with Gasteiger partial charge in [-0.15, -0.1) is 0 Å². The maximum atomic E-state index is 10.1. The van der Waals surface area contributed by atoms with E-state index in [2.05, 4.69) is 12.2 Å². The second-order valence-electron chi connectivity index (χ2n) is 5.06. The van der Waals surface area contributed by atoms with Crippen LogP contribution >= 0.6 is 0 Å². The number of benzene rings is 1. The molecule has 3 N–H and O–H groups in total. The van der Waals surface area contributed by atoms with E-state index in [1.165, 1.54) is 0 Å². The van der Waals surface area contributed by atoms with Gasteiger partial charge < -0.3 is 20.4 Å². The number of likely N-dealkylation sites (N-methyl/N-ethyl adjacent to an activating group) is 1. The smallest absolute Gasteiger partial charge is 0.122 e. The van der Waals surface area contributed by atoms with Gasteiger partial charge in [0.15, 0.2) is 0 Å². The van der Waals surface area contributed by atoms with Crippen LogP contribution in [0.25, 0.3) is 0 Å². The van der Waals surface area contributed by atoms with Crippen LogP contribution in [0.1, 0.15) is 38.8 Å². The van der Waals surface area contributed by atoms with E-state index < -0.39 is 0 Å². The molecule has 4 heteroatoms. The Hall–Kier alpha value is -1.26. The van der Waals surface area contributed by atoms with E-state index in [9.17, 15) is 5.11 Å². The van der Waals surface area contributed by atoms with Crippen LogP contribution in [0.3, 0.4) is 0 Å². The third-order valence-electron chi connectivity index (χ3n) is 3.51. The summed E-state index contributed by atoms with van der Waals surface area (Å²) in [6, 6.07) is 5.84. The topological polar surface area (TPSA) is 55.7 Å². The summed E-state index contributed by atoms with van der Waals surface area (Å²) in [5, 5.41) is 22.7. The standard InChI is InChI=1S/C15H26N2O2/c1-5-8-16-12(3)14-7-6-13(9-15(14)19)17(4)11(2)10-18/h6-7,9,11-12,16,18-19H,5,8,10H2,1-4H3. The van der Waals surface area contributed by atoms with Crippen molar-refractivity contribution in [2.75, 3.05) is 25.1 Å². The van der Waals surface area contributed by atoms with Gasteiger partial charge >= 0.3 is 0 Å². The molecule has 0 saturated carbocycles. The summed E-state index contributed by atoms with van der Waals surface area (Å²) >= 11 is 0. The molecule has 0 aromatic heterocycles. The second kappa shape index (κ2) is 7.36. The molecule has 1 aromatic rings. The van der Waals surface area contributed by atoms with Crippen LogP contribution in [0.4, 0.5) is 5.69 Å². The van der Waals surface area contributed by atoms with Gasteiger partial charge in [0, 0.05) is 36.4 Å². The molecule has 0 aliphatic rings. The van der Waals surface area contributed by atoms with Crippen molar-refractivity contribution in [1.29, 1.82) is 0 Å². The van der Waals surface area contributed by atoms with Crippen LogP contribution in [0.2, 0.25) is 0 Å². The Bertz CT molecular complexity index is 396. The Labute approximate surface area is 116 Å². The second-order valence-corrected chi connectivity index (χ2v) is 5.06. The molecule has 0 amide bonds. The van der Waals surface area contributed by atoms with E-state index in [-0.39, 0.29) is 18.7 Å². The normalized spacial score (nSPS) is 14.2. The molecule has 0 radical (unpaired) electrons. The summed E-state index contributed by atoms with van der Waals surface area (Å²) in [7, 11) is 1.91. The number of hydrogen-bond donors (Lipinski definition) is 3. The number of aliphatic hydroxyl groups excluding tert-OH is 1. The average Bonchev–Trinajstić information content (AvgIpc) is 2.42. The summed E-state index contributed by atoms with van der Waals surface area (Å²) < 4.78 is 0. The van der Waals surface area contributed by atoms with E-state index in [1.807, 2.05) is 37.9 Å². The van der Waals surface area contributed by atoms with Crippen molar-refractivity contribution in [1.82, 2.24) is 5.32 Å². The largest absolute Gasteiger partial charge is 0.508 e. The summed E-state index contributed by atoms with van der Waals surface area (Å²) in [5.74, 6) is 0.297. The molecule has 1 aromatic carbocycles. The fourth-order valence-electron chi connectivity index (χ4n) is 1.97. The Morgan fingerprint density at radius 3 is 2.53 bits per heavy atom. The van der Waals surface area contributed by atoms with E-state index in [1.54, 1.807) is 6.07 Å². The number of aromatic hydroxyl groups is 1. The Morgan fingerprint density at radius 1 is 1.32 bits per heavy atom. The van der Waals surface area contributed by atoms with Gasteiger partial charge in [-0.25, -0.2) is 0 Å². The minimum atomic E-state index is 0.0286. The minimum absolute atomic E-state index is 0.0286. The average molecular weight is 266 g/mol. The summed E-state index contributed by atoms with van der Waals surface area (Å²) in [5.41, 5.74) is 1.81. The van der Waals surface area contributed by atoms with E-state index in [0.717, 1.165) is 24.2 Å². The highest BCUT2D eigenvalue weighted by Gasteiger charge is 2.13. The van der Waals surface area contributed by atoms with Crippen LogP contribution in [0, 0.1) is 0 Å². The summed E-state index contributed by atoms with van der Waals surface area (Å²) in [4.78, 5) is 1.95. The van der Waals surface area contributed by atoms with Crippen molar-refractivity contribution in [2.24, 2.45) is 0 Å². The molecule has 0 spiro atoms. The Balaban J connectivity index is 2.85. The first kappa shape index (κ1) is 15.8. The molecule has 2 unspecified atom stereocenters. The fourth-order valence-corrected chi connectivity index (χ4v) is 1.97. The highest BCUT2D eigenvalue weighted by atomic mass is 16.3. The monoisotopic (exact) mass is 266 g/mol. The molecule has 108 valence electrons. The quantitative estimate of drug-likeness (QED) is 0.708.